The molecule has 126 valence electrons. The number of nitrogens with one attached hydrogen (secondary N) is 2. The number of hydrogen-bond acceptors (Lipinski definition) is 2. The van der Waals surface area contributed by atoms with E-state index in [-0.39, 0.29) is 24.0 Å². The molecule has 0 aromatic carbocycles. The van der Waals surface area contributed by atoms with Crippen molar-refractivity contribution in [2.24, 2.45) is 23.9 Å². The Morgan fingerprint density at radius 3 is 2.55 bits per heavy atom. The van der Waals surface area contributed by atoms with Crippen LogP contribution in [0.15, 0.2) is 17.4 Å². The average Bonchev–Trinajstić information content (AvgIpc) is 2.89. The predicted octanol–water partition coefficient (Wildman–Crippen LogP) is 2.92. The van der Waals surface area contributed by atoms with Gasteiger partial charge in [0.1, 0.15) is 0 Å². The molecule has 0 atom stereocenters. The zero-order valence-corrected chi connectivity index (χ0v) is 16.5. The van der Waals surface area contributed by atoms with Crippen molar-refractivity contribution in [2.45, 2.75) is 52.1 Å². The Balaban J connectivity index is 0.00000242. The summed E-state index contributed by atoms with van der Waals surface area (Å²) in [4.78, 5) is 4.33. The van der Waals surface area contributed by atoms with Gasteiger partial charge in [-0.15, -0.1) is 24.0 Å². The van der Waals surface area contributed by atoms with Crippen molar-refractivity contribution in [3.8, 4) is 0 Å². The van der Waals surface area contributed by atoms with Gasteiger partial charge in [-0.2, -0.15) is 5.10 Å². The minimum absolute atomic E-state index is 0. The summed E-state index contributed by atoms with van der Waals surface area (Å²) in [5.41, 5.74) is 1.17. The quantitative estimate of drug-likeness (QED) is 0.448. The van der Waals surface area contributed by atoms with Gasteiger partial charge in [-0.25, -0.2) is 0 Å². The lowest BCUT2D eigenvalue weighted by molar-refractivity contribution is 0.250. The van der Waals surface area contributed by atoms with E-state index in [0.29, 0.717) is 6.04 Å². The normalized spacial score (nSPS) is 22.3. The largest absolute Gasteiger partial charge is 0.354 e. The number of hydrogen-bond donors (Lipinski definition) is 2. The van der Waals surface area contributed by atoms with Crippen molar-refractivity contribution in [1.29, 1.82) is 0 Å². The first-order valence-corrected chi connectivity index (χ1v) is 8.03. The van der Waals surface area contributed by atoms with E-state index in [9.17, 15) is 0 Å². The molecule has 0 bridgehead atoms. The van der Waals surface area contributed by atoms with Crippen LogP contribution in [0.25, 0.3) is 0 Å². The highest BCUT2D eigenvalue weighted by molar-refractivity contribution is 14.0. The number of rotatable bonds is 4. The summed E-state index contributed by atoms with van der Waals surface area (Å²) >= 11 is 0. The van der Waals surface area contributed by atoms with Gasteiger partial charge in [-0.05, 0) is 37.5 Å². The standard InChI is InChI=1S/C16H29N5.HI/c1-12(2)14-5-7-15(8-6-14)20-16(17-3)18-9-13-10-19-21(4)11-13;/h10-12,14-15H,5-9H2,1-4H3,(H2,17,18,20);1H. The summed E-state index contributed by atoms with van der Waals surface area (Å²) in [5, 5.41) is 11.1. The zero-order valence-electron chi connectivity index (χ0n) is 14.2. The van der Waals surface area contributed by atoms with E-state index in [4.69, 9.17) is 0 Å². The van der Waals surface area contributed by atoms with E-state index >= 15 is 0 Å². The van der Waals surface area contributed by atoms with Crippen LogP contribution in [0.3, 0.4) is 0 Å². The highest BCUT2D eigenvalue weighted by Crippen LogP contribution is 2.29. The molecule has 1 aliphatic rings. The maximum Gasteiger partial charge on any atom is 0.191 e. The fourth-order valence-corrected chi connectivity index (χ4v) is 3.07. The third-order valence-corrected chi connectivity index (χ3v) is 4.50. The first kappa shape index (κ1) is 19.3. The lowest BCUT2D eigenvalue weighted by atomic mass is 9.80. The molecule has 0 radical (unpaired) electrons. The lowest BCUT2D eigenvalue weighted by Gasteiger charge is -2.32. The van der Waals surface area contributed by atoms with E-state index in [1.165, 1.54) is 31.2 Å². The van der Waals surface area contributed by atoms with E-state index in [1.54, 1.807) is 0 Å². The van der Waals surface area contributed by atoms with Gasteiger partial charge in [0.25, 0.3) is 0 Å². The smallest absolute Gasteiger partial charge is 0.191 e. The number of aliphatic imine (C=N–C) groups is 1. The molecule has 1 saturated carbocycles. The molecule has 22 heavy (non-hydrogen) atoms. The van der Waals surface area contributed by atoms with Crippen molar-refractivity contribution in [3.05, 3.63) is 18.0 Å². The van der Waals surface area contributed by atoms with Gasteiger partial charge in [-0.1, -0.05) is 13.8 Å². The van der Waals surface area contributed by atoms with Crippen molar-refractivity contribution < 1.29 is 0 Å². The van der Waals surface area contributed by atoms with E-state index in [0.717, 1.165) is 24.3 Å². The van der Waals surface area contributed by atoms with Crippen molar-refractivity contribution in [3.63, 3.8) is 0 Å². The summed E-state index contributed by atoms with van der Waals surface area (Å²) in [6.07, 6.45) is 9.05. The first-order valence-electron chi connectivity index (χ1n) is 8.03. The zero-order chi connectivity index (χ0) is 15.2. The van der Waals surface area contributed by atoms with E-state index < -0.39 is 0 Å². The van der Waals surface area contributed by atoms with Gasteiger partial charge in [0.05, 0.1) is 6.20 Å². The van der Waals surface area contributed by atoms with Crippen LogP contribution in [0.1, 0.15) is 45.1 Å². The van der Waals surface area contributed by atoms with Crippen molar-refractivity contribution >= 4 is 29.9 Å². The van der Waals surface area contributed by atoms with E-state index in [1.807, 2.05) is 31.2 Å². The van der Waals surface area contributed by atoms with Crippen LogP contribution in [0.2, 0.25) is 0 Å². The van der Waals surface area contributed by atoms with Gasteiger partial charge in [-0.3, -0.25) is 9.67 Å². The van der Waals surface area contributed by atoms with Crippen LogP contribution < -0.4 is 10.6 Å². The minimum atomic E-state index is 0. The van der Waals surface area contributed by atoms with Crippen LogP contribution in [0.4, 0.5) is 0 Å². The summed E-state index contributed by atoms with van der Waals surface area (Å²) in [7, 11) is 3.77. The molecule has 1 heterocycles. The maximum absolute atomic E-state index is 4.33. The summed E-state index contributed by atoms with van der Waals surface area (Å²) < 4.78 is 1.82. The molecule has 0 aliphatic heterocycles. The minimum Gasteiger partial charge on any atom is -0.354 e. The fraction of sp³-hybridized carbons (Fsp3) is 0.750. The molecule has 0 amide bonds. The summed E-state index contributed by atoms with van der Waals surface area (Å²) in [5.74, 6) is 2.61. The van der Waals surface area contributed by atoms with Gasteiger partial charge >= 0.3 is 0 Å². The molecular formula is C16H30IN5. The third kappa shape index (κ3) is 5.78. The number of aromatic nitrogens is 2. The maximum atomic E-state index is 4.33. The summed E-state index contributed by atoms with van der Waals surface area (Å²) in [6.45, 7) is 5.44. The SMILES string of the molecule is CN=C(NCc1cnn(C)c1)NC1CCC(C(C)C)CC1.I. The topological polar surface area (TPSA) is 54.2 Å². The number of nitrogens with zero attached hydrogens (tertiary/aromatic N) is 3. The molecule has 1 fully saturated rings. The predicted molar refractivity (Wildman–Crippen MR) is 103 cm³/mol. The Kier molecular flexibility index (Phi) is 8.20. The lowest BCUT2D eigenvalue weighted by Crippen LogP contribution is -2.44. The number of guanidine groups is 1. The molecule has 1 aromatic rings. The molecule has 1 aromatic heterocycles. The Hall–Kier alpha value is -0.790. The average molecular weight is 419 g/mol. The highest BCUT2D eigenvalue weighted by Gasteiger charge is 2.23. The molecule has 0 unspecified atom stereocenters. The molecule has 2 rings (SSSR count). The second kappa shape index (κ2) is 9.37. The van der Waals surface area contributed by atoms with Gasteiger partial charge < -0.3 is 10.6 Å². The third-order valence-electron chi connectivity index (χ3n) is 4.50. The van der Waals surface area contributed by atoms with E-state index in [2.05, 4.69) is 34.6 Å². The Bertz CT molecular complexity index is 461. The molecule has 2 N–H and O–H groups in total. The number of aryl methyl sites for hydroxylation is 1. The van der Waals surface area contributed by atoms with Crippen molar-refractivity contribution in [1.82, 2.24) is 20.4 Å². The molecule has 1 aliphatic carbocycles. The van der Waals surface area contributed by atoms with Crippen LogP contribution in [-0.4, -0.2) is 28.8 Å². The van der Waals surface area contributed by atoms with Crippen molar-refractivity contribution in [2.75, 3.05) is 7.05 Å². The fourth-order valence-electron chi connectivity index (χ4n) is 3.07. The van der Waals surface area contributed by atoms with Crippen LogP contribution in [0, 0.1) is 11.8 Å². The van der Waals surface area contributed by atoms with Crippen LogP contribution >= 0.6 is 24.0 Å². The Morgan fingerprint density at radius 2 is 2.05 bits per heavy atom. The van der Waals surface area contributed by atoms with Crippen LogP contribution in [-0.2, 0) is 13.6 Å². The van der Waals surface area contributed by atoms with Gasteiger partial charge in [0.15, 0.2) is 5.96 Å². The monoisotopic (exact) mass is 419 g/mol. The Morgan fingerprint density at radius 1 is 1.36 bits per heavy atom. The summed E-state index contributed by atoms with van der Waals surface area (Å²) in [6, 6.07) is 0.556. The second-order valence-electron chi connectivity index (χ2n) is 6.45. The number of halogens is 1. The van der Waals surface area contributed by atoms with Gasteiger partial charge in [0, 0.05) is 38.4 Å². The Labute approximate surface area is 151 Å². The first-order chi connectivity index (χ1) is 10.1. The van der Waals surface area contributed by atoms with Gasteiger partial charge in [0.2, 0.25) is 0 Å². The molecular weight excluding hydrogens is 389 g/mol. The molecule has 0 spiro atoms. The molecule has 6 heteroatoms. The van der Waals surface area contributed by atoms with Crippen LogP contribution in [0.5, 0.6) is 0 Å². The molecule has 5 nitrogen and oxygen atoms in total. The second-order valence-corrected chi connectivity index (χ2v) is 6.45. The molecule has 0 saturated heterocycles. The highest BCUT2D eigenvalue weighted by atomic mass is 127.